The third kappa shape index (κ3) is 2.24. The summed E-state index contributed by atoms with van der Waals surface area (Å²) in [6.45, 7) is 3.26. The highest BCUT2D eigenvalue weighted by molar-refractivity contribution is 5.89. The number of ether oxygens (including phenoxy) is 1. The monoisotopic (exact) mass is 222 g/mol. The Morgan fingerprint density at radius 3 is 2.75 bits per heavy atom. The van der Waals surface area contributed by atoms with Crippen LogP contribution in [-0.2, 0) is 9.53 Å². The molecule has 1 N–H and O–H groups in total. The fourth-order valence-electron chi connectivity index (χ4n) is 1.48. The second kappa shape index (κ2) is 4.38. The number of H-pyrrole nitrogens is 1. The summed E-state index contributed by atoms with van der Waals surface area (Å²) in [5.41, 5.74) is 1.34. The van der Waals surface area contributed by atoms with Crippen LogP contribution in [0.2, 0.25) is 0 Å². The number of hydrogen-bond donors (Lipinski definition) is 1. The number of esters is 1. The molecule has 0 aromatic carbocycles. The number of likely N-dealkylation sites (tertiary alicyclic amines) is 1. The number of hydrogen-bond acceptors (Lipinski definition) is 3. The predicted molar refractivity (Wildman–Crippen MR) is 57.0 cm³/mol. The summed E-state index contributed by atoms with van der Waals surface area (Å²) < 4.78 is 4.90. The Hall–Kier alpha value is -1.78. The average molecular weight is 222 g/mol. The molecule has 1 fully saturated rings. The van der Waals surface area contributed by atoms with Gasteiger partial charge in [0.05, 0.1) is 0 Å². The van der Waals surface area contributed by atoms with Gasteiger partial charge in [-0.3, -0.25) is 4.79 Å². The van der Waals surface area contributed by atoms with Gasteiger partial charge in [0, 0.05) is 19.3 Å². The summed E-state index contributed by atoms with van der Waals surface area (Å²) in [6, 6.07) is 1.69. The van der Waals surface area contributed by atoms with E-state index in [9.17, 15) is 9.59 Å². The van der Waals surface area contributed by atoms with Gasteiger partial charge >= 0.3 is 5.97 Å². The summed E-state index contributed by atoms with van der Waals surface area (Å²) in [5, 5.41) is 0. The van der Waals surface area contributed by atoms with E-state index in [1.54, 1.807) is 17.2 Å². The quantitative estimate of drug-likeness (QED) is 0.766. The lowest BCUT2D eigenvalue weighted by Crippen LogP contribution is -2.44. The molecule has 0 saturated carbocycles. The molecule has 1 aromatic rings. The SMILES string of the molecule is Cc1c[nH]c(C(=O)OCC(=O)N2CCC2)c1. The molecule has 0 spiro atoms. The van der Waals surface area contributed by atoms with Crippen molar-refractivity contribution in [1.82, 2.24) is 9.88 Å². The fourth-order valence-corrected chi connectivity index (χ4v) is 1.48. The normalized spacial score (nSPS) is 14.4. The van der Waals surface area contributed by atoms with Crippen molar-refractivity contribution in [3.63, 3.8) is 0 Å². The number of carbonyl (C=O) groups is 2. The van der Waals surface area contributed by atoms with E-state index >= 15 is 0 Å². The van der Waals surface area contributed by atoms with Gasteiger partial charge in [0.25, 0.3) is 5.91 Å². The van der Waals surface area contributed by atoms with Crippen LogP contribution in [0.5, 0.6) is 0 Å². The summed E-state index contributed by atoms with van der Waals surface area (Å²) >= 11 is 0. The number of rotatable bonds is 3. The number of aromatic nitrogens is 1. The zero-order valence-electron chi connectivity index (χ0n) is 9.16. The Morgan fingerprint density at radius 2 is 2.25 bits per heavy atom. The van der Waals surface area contributed by atoms with Crippen LogP contribution in [0.4, 0.5) is 0 Å². The maximum Gasteiger partial charge on any atom is 0.355 e. The Morgan fingerprint density at radius 1 is 1.50 bits per heavy atom. The molecule has 0 atom stereocenters. The topological polar surface area (TPSA) is 62.4 Å². The maximum absolute atomic E-state index is 11.5. The standard InChI is InChI=1S/C11H14N2O3/c1-8-5-9(12-6-8)11(15)16-7-10(14)13-3-2-4-13/h5-6,12H,2-4,7H2,1H3. The maximum atomic E-state index is 11.5. The average Bonchev–Trinajstić information content (AvgIpc) is 2.58. The van der Waals surface area contributed by atoms with Gasteiger partial charge in [0.1, 0.15) is 5.69 Å². The van der Waals surface area contributed by atoms with E-state index in [0.717, 1.165) is 25.1 Å². The molecule has 2 rings (SSSR count). The fraction of sp³-hybridized carbons (Fsp3) is 0.455. The molecule has 1 amide bonds. The van der Waals surface area contributed by atoms with Crippen molar-refractivity contribution in [3.8, 4) is 0 Å². The minimum absolute atomic E-state index is 0.122. The summed E-state index contributed by atoms with van der Waals surface area (Å²) in [5.74, 6) is -0.607. The summed E-state index contributed by atoms with van der Waals surface area (Å²) in [6.07, 6.45) is 2.75. The molecule has 1 aromatic heterocycles. The predicted octanol–water partition coefficient (Wildman–Crippen LogP) is 0.712. The summed E-state index contributed by atoms with van der Waals surface area (Å²) in [4.78, 5) is 27.3. The van der Waals surface area contributed by atoms with Gasteiger partial charge in [0.2, 0.25) is 0 Å². The molecule has 0 radical (unpaired) electrons. The molecular formula is C11H14N2O3. The lowest BCUT2D eigenvalue weighted by Gasteiger charge is -2.30. The van der Waals surface area contributed by atoms with Gasteiger partial charge in [-0.2, -0.15) is 0 Å². The molecule has 1 aliphatic heterocycles. The number of aromatic amines is 1. The Balaban J connectivity index is 1.81. The van der Waals surface area contributed by atoms with Crippen molar-refractivity contribution in [3.05, 3.63) is 23.5 Å². The molecule has 0 aliphatic carbocycles. The minimum atomic E-state index is -0.484. The van der Waals surface area contributed by atoms with E-state index in [1.807, 2.05) is 6.92 Å². The van der Waals surface area contributed by atoms with Crippen LogP contribution in [0.1, 0.15) is 22.5 Å². The molecule has 5 heteroatoms. The second-order valence-corrected chi connectivity index (χ2v) is 3.90. The van der Waals surface area contributed by atoms with Gasteiger partial charge in [-0.15, -0.1) is 0 Å². The molecule has 2 heterocycles. The van der Waals surface area contributed by atoms with E-state index in [4.69, 9.17) is 4.74 Å². The van der Waals surface area contributed by atoms with Gasteiger partial charge in [-0.25, -0.2) is 4.79 Å². The van der Waals surface area contributed by atoms with Crippen molar-refractivity contribution in [1.29, 1.82) is 0 Å². The molecule has 0 unspecified atom stereocenters. The van der Waals surface area contributed by atoms with E-state index in [1.165, 1.54) is 0 Å². The lowest BCUT2D eigenvalue weighted by atomic mass is 10.2. The molecule has 5 nitrogen and oxygen atoms in total. The van der Waals surface area contributed by atoms with Crippen LogP contribution >= 0.6 is 0 Å². The summed E-state index contributed by atoms with van der Waals surface area (Å²) in [7, 11) is 0. The van der Waals surface area contributed by atoms with Crippen molar-refractivity contribution in [2.75, 3.05) is 19.7 Å². The highest BCUT2D eigenvalue weighted by Gasteiger charge is 2.21. The first kappa shape index (κ1) is 10.7. The first-order chi connectivity index (χ1) is 7.66. The first-order valence-corrected chi connectivity index (χ1v) is 5.27. The number of amides is 1. The molecule has 0 bridgehead atoms. The van der Waals surface area contributed by atoms with Crippen molar-refractivity contribution >= 4 is 11.9 Å². The van der Waals surface area contributed by atoms with Crippen molar-refractivity contribution in [2.24, 2.45) is 0 Å². The van der Waals surface area contributed by atoms with Crippen molar-refractivity contribution in [2.45, 2.75) is 13.3 Å². The van der Waals surface area contributed by atoms with E-state index in [-0.39, 0.29) is 12.5 Å². The highest BCUT2D eigenvalue weighted by Crippen LogP contribution is 2.07. The van der Waals surface area contributed by atoms with Crippen LogP contribution in [0, 0.1) is 6.92 Å². The molecule has 86 valence electrons. The van der Waals surface area contributed by atoms with Crippen molar-refractivity contribution < 1.29 is 14.3 Å². The van der Waals surface area contributed by atoms with Gasteiger partial charge < -0.3 is 14.6 Å². The first-order valence-electron chi connectivity index (χ1n) is 5.27. The van der Waals surface area contributed by atoms with Crippen LogP contribution in [0.25, 0.3) is 0 Å². The molecule has 16 heavy (non-hydrogen) atoms. The van der Waals surface area contributed by atoms with Crippen LogP contribution in [-0.4, -0.2) is 41.5 Å². The third-order valence-corrected chi connectivity index (χ3v) is 2.58. The smallest absolute Gasteiger partial charge is 0.355 e. The minimum Gasteiger partial charge on any atom is -0.451 e. The van der Waals surface area contributed by atoms with Gasteiger partial charge in [-0.1, -0.05) is 0 Å². The highest BCUT2D eigenvalue weighted by atomic mass is 16.5. The van der Waals surface area contributed by atoms with E-state index in [2.05, 4.69) is 4.98 Å². The molecular weight excluding hydrogens is 208 g/mol. The Labute approximate surface area is 93.4 Å². The van der Waals surface area contributed by atoms with Crippen LogP contribution in [0.15, 0.2) is 12.3 Å². The zero-order chi connectivity index (χ0) is 11.5. The number of carbonyl (C=O) groups excluding carboxylic acids is 2. The molecule has 1 aliphatic rings. The van der Waals surface area contributed by atoms with Gasteiger partial charge in [-0.05, 0) is 25.0 Å². The Kier molecular flexibility index (Phi) is 2.94. The largest absolute Gasteiger partial charge is 0.451 e. The van der Waals surface area contributed by atoms with Crippen LogP contribution < -0.4 is 0 Å². The molecule has 1 saturated heterocycles. The van der Waals surface area contributed by atoms with E-state index in [0.29, 0.717) is 5.69 Å². The number of aryl methyl sites for hydroxylation is 1. The van der Waals surface area contributed by atoms with Gasteiger partial charge in [0.15, 0.2) is 6.61 Å². The van der Waals surface area contributed by atoms with E-state index < -0.39 is 5.97 Å². The Bertz CT molecular complexity index is 407. The zero-order valence-corrected chi connectivity index (χ0v) is 9.16. The third-order valence-electron chi connectivity index (χ3n) is 2.58. The second-order valence-electron chi connectivity index (χ2n) is 3.90. The number of nitrogens with one attached hydrogen (secondary N) is 1. The lowest BCUT2D eigenvalue weighted by molar-refractivity contribution is -0.137. The van der Waals surface area contributed by atoms with Crippen LogP contribution in [0.3, 0.4) is 0 Å². The number of nitrogens with zero attached hydrogens (tertiary/aromatic N) is 1.